The maximum Gasteiger partial charge on any atom is 0.342 e. The van der Waals surface area contributed by atoms with Crippen LogP contribution < -0.4 is 0 Å². The van der Waals surface area contributed by atoms with Crippen LogP contribution in [0.4, 0.5) is 0 Å². The molecule has 0 spiro atoms. The van der Waals surface area contributed by atoms with Gasteiger partial charge in [0, 0.05) is 11.6 Å². The number of nitrogens with zero attached hydrogens (tertiary/aromatic N) is 1. The van der Waals surface area contributed by atoms with Crippen LogP contribution in [-0.4, -0.2) is 11.1 Å². The highest BCUT2D eigenvalue weighted by atomic mass is 16.5. The molecule has 2 aromatic heterocycles. The smallest absolute Gasteiger partial charge is 0.342 e. The van der Waals surface area contributed by atoms with Gasteiger partial charge in [-0.2, -0.15) is 0 Å². The Morgan fingerprint density at radius 1 is 1.24 bits per heavy atom. The molecule has 1 aromatic carbocycles. The van der Waals surface area contributed by atoms with Gasteiger partial charge in [0.05, 0.1) is 6.26 Å². The predicted octanol–water partition coefficient (Wildman–Crippen LogP) is 3.60. The van der Waals surface area contributed by atoms with Gasteiger partial charge in [-0.05, 0) is 13.0 Å². The molecule has 0 bridgehead atoms. The fraction of sp³-hybridized carbons (Fsp3) is 0.125. The molecule has 0 saturated heterocycles. The first-order valence-electron chi connectivity index (χ1n) is 6.46. The molecule has 0 fully saturated rings. The Labute approximate surface area is 121 Å². The van der Waals surface area contributed by atoms with Crippen LogP contribution in [0.2, 0.25) is 0 Å². The van der Waals surface area contributed by atoms with Crippen molar-refractivity contribution in [2.45, 2.75) is 13.5 Å². The minimum Gasteiger partial charge on any atom is -0.469 e. The van der Waals surface area contributed by atoms with Gasteiger partial charge in [0.2, 0.25) is 0 Å². The van der Waals surface area contributed by atoms with Crippen molar-refractivity contribution in [3.05, 3.63) is 65.7 Å². The molecule has 5 heteroatoms. The number of carbonyl (C=O) groups excluding carboxylic acids is 1. The lowest BCUT2D eigenvalue weighted by molar-refractivity contribution is 0.0462. The highest BCUT2D eigenvalue weighted by Gasteiger charge is 2.14. The number of hydrogen-bond acceptors (Lipinski definition) is 5. The van der Waals surface area contributed by atoms with E-state index < -0.39 is 5.97 Å². The Morgan fingerprint density at radius 3 is 2.76 bits per heavy atom. The first-order valence-corrected chi connectivity index (χ1v) is 6.46. The summed E-state index contributed by atoms with van der Waals surface area (Å²) in [6, 6.07) is 12.9. The van der Waals surface area contributed by atoms with Crippen molar-refractivity contribution in [2.24, 2.45) is 0 Å². The van der Waals surface area contributed by atoms with Crippen LogP contribution in [-0.2, 0) is 11.3 Å². The van der Waals surface area contributed by atoms with Crippen molar-refractivity contribution in [3.8, 4) is 11.3 Å². The normalized spacial score (nSPS) is 10.5. The molecule has 0 saturated carbocycles. The first-order chi connectivity index (χ1) is 10.2. The van der Waals surface area contributed by atoms with Gasteiger partial charge >= 0.3 is 5.97 Å². The maximum atomic E-state index is 11.8. The Kier molecular flexibility index (Phi) is 3.55. The van der Waals surface area contributed by atoms with Gasteiger partial charge in [0.15, 0.2) is 5.76 Å². The lowest BCUT2D eigenvalue weighted by Gasteiger charge is -2.00. The zero-order chi connectivity index (χ0) is 14.7. The molecule has 3 rings (SSSR count). The summed E-state index contributed by atoms with van der Waals surface area (Å²) in [7, 11) is 0. The fourth-order valence-corrected chi connectivity index (χ4v) is 1.93. The Balaban J connectivity index is 1.66. The molecule has 0 aliphatic carbocycles. The maximum absolute atomic E-state index is 11.8. The van der Waals surface area contributed by atoms with Crippen molar-refractivity contribution < 1.29 is 18.5 Å². The minimum atomic E-state index is -0.439. The molecular formula is C16H13NO4. The van der Waals surface area contributed by atoms with Gasteiger partial charge in [0.25, 0.3) is 0 Å². The number of benzene rings is 1. The van der Waals surface area contributed by atoms with Crippen LogP contribution in [0.25, 0.3) is 11.3 Å². The molecule has 106 valence electrons. The predicted molar refractivity (Wildman–Crippen MR) is 74.5 cm³/mol. The summed E-state index contributed by atoms with van der Waals surface area (Å²) in [5.74, 6) is 0.733. The molecular weight excluding hydrogens is 270 g/mol. The Hall–Kier alpha value is -2.82. The van der Waals surface area contributed by atoms with Gasteiger partial charge in [-0.15, -0.1) is 0 Å². The lowest BCUT2D eigenvalue weighted by atomic mass is 10.2. The summed E-state index contributed by atoms with van der Waals surface area (Å²) in [6.07, 6.45) is 1.45. The minimum absolute atomic E-state index is 0.0553. The third-order valence-electron chi connectivity index (χ3n) is 3.05. The number of aromatic nitrogens is 1. The van der Waals surface area contributed by atoms with Crippen LogP contribution in [0.15, 0.2) is 57.7 Å². The van der Waals surface area contributed by atoms with Gasteiger partial charge < -0.3 is 13.7 Å². The van der Waals surface area contributed by atoms with E-state index in [9.17, 15) is 4.79 Å². The summed E-state index contributed by atoms with van der Waals surface area (Å²) in [4.78, 5) is 11.8. The molecule has 5 nitrogen and oxygen atoms in total. The van der Waals surface area contributed by atoms with Crippen molar-refractivity contribution in [1.29, 1.82) is 0 Å². The van der Waals surface area contributed by atoms with Crippen LogP contribution in [0.5, 0.6) is 0 Å². The second-order valence-electron chi connectivity index (χ2n) is 4.52. The highest BCUT2D eigenvalue weighted by molar-refractivity contribution is 5.90. The molecule has 3 aromatic rings. The lowest BCUT2D eigenvalue weighted by Crippen LogP contribution is -2.05. The molecule has 0 aliphatic rings. The second-order valence-corrected chi connectivity index (χ2v) is 4.52. The van der Waals surface area contributed by atoms with E-state index in [1.54, 1.807) is 19.1 Å². The average molecular weight is 283 g/mol. The van der Waals surface area contributed by atoms with E-state index in [-0.39, 0.29) is 6.61 Å². The van der Waals surface area contributed by atoms with Crippen molar-refractivity contribution in [2.75, 3.05) is 0 Å². The van der Waals surface area contributed by atoms with E-state index in [1.807, 2.05) is 30.3 Å². The van der Waals surface area contributed by atoms with Gasteiger partial charge in [-0.1, -0.05) is 35.5 Å². The number of hydrogen-bond donors (Lipinski definition) is 0. The van der Waals surface area contributed by atoms with Gasteiger partial charge in [-0.3, -0.25) is 0 Å². The molecule has 0 radical (unpaired) electrons. The van der Waals surface area contributed by atoms with Crippen molar-refractivity contribution in [3.63, 3.8) is 0 Å². The van der Waals surface area contributed by atoms with E-state index in [0.29, 0.717) is 22.8 Å². The van der Waals surface area contributed by atoms with E-state index in [4.69, 9.17) is 13.7 Å². The Morgan fingerprint density at radius 2 is 2.05 bits per heavy atom. The molecule has 0 N–H and O–H groups in total. The standard InChI is InChI=1S/C16H13NO4/c1-11-14(7-8-19-11)16(18)20-10-13-9-15(21-17-13)12-5-3-2-4-6-12/h2-9H,10H2,1H3. The number of esters is 1. The molecule has 0 amide bonds. The van der Waals surface area contributed by atoms with Gasteiger partial charge in [0.1, 0.15) is 23.6 Å². The van der Waals surface area contributed by atoms with E-state index in [2.05, 4.69) is 5.16 Å². The average Bonchev–Trinajstić information content (AvgIpc) is 3.15. The molecule has 2 heterocycles. The SMILES string of the molecule is Cc1occc1C(=O)OCc1cc(-c2ccccc2)on1. The summed E-state index contributed by atoms with van der Waals surface area (Å²) in [5.41, 5.74) is 1.90. The third kappa shape index (κ3) is 2.86. The number of ether oxygens (including phenoxy) is 1. The first kappa shape index (κ1) is 13.2. The molecule has 0 atom stereocenters. The van der Waals surface area contributed by atoms with Crippen LogP contribution in [0, 0.1) is 6.92 Å². The van der Waals surface area contributed by atoms with Crippen LogP contribution >= 0.6 is 0 Å². The van der Waals surface area contributed by atoms with E-state index in [1.165, 1.54) is 6.26 Å². The topological polar surface area (TPSA) is 65.5 Å². The number of aryl methyl sites for hydroxylation is 1. The summed E-state index contributed by atoms with van der Waals surface area (Å²) in [6.45, 7) is 1.76. The number of furan rings is 1. The summed E-state index contributed by atoms with van der Waals surface area (Å²) >= 11 is 0. The monoisotopic (exact) mass is 283 g/mol. The van der Waals surface area contributed by atoms with E-state index in [0.717, 1.165) is 5.56 Å². The van der Waals surface area contributed by atoms with E-state index >= 15 is 0 Å². The zero-order valence-electron chi connectivity index (χ0n) is 11.4. The molecule has 0 aliphatic heterocycles. The summed E-state index contributed by atoms with van der Waals surface area (Å²) in [5, 5.41) is 3.89. The van der Waals surface area contributed by atoms with Crippen molar-refractivity contribution >= 4 is 5.97 Å². The quantitative estimate of drug-likeness (QED) is 0.684. The number of carbonyl (C=O) groups is 1. The fourth-order valence-electron chi connectivity index (χ4n) is 1.93. The largest absolute Gasteiger partial charge is 0.469 e. The zero-order valence-corrected chi connectivity index (χ0v) is 11.4. The van der Waals surface area contributed by atoms with Gasteiger partial charge in [-0.25, -0.2) is 4.79 Å². The van der Waals surface area contributed by atoms with Crippen LogP contribution in [0.1, 0.15) is 21.8 Å². The van der Waals surface area contributed by atoms with Crippen LogP contribution in [0.3, 0.4) is 0 Å². The third-order valence-corrected chi connectivity index (χ3v) is 3.05. The summed E-state index contributed by atoms with van der Waals surface area (Å²) < 4.78 is 15.5. The highest BCUT2D eigenvalue weighted by Crippen LogP contribution is 2.20. The molecule has 21 heavy (non-hydrogen) atoms. The second kappa shape index (κ2) is 5.66. The number of rotatable bonds is 4. The Bertz CT molecular complexity index is 742. The van der Waals surface area contributed by atoms with Crippen molar-refractivity contribution in [1.82, 2.24) is 5.16 Å². The molecule has 0 unspecified atom stereocenters.